The fourth-order valence-electron chi connectivity index (χ4n) is 2.40. The standard InChI is InChI=1S/C15H19N3O6S/c1-10(15(22)16-9-14(20)21)17-25(23,24)12-6-4-11(5-7-12)18-8-2-3-13(18)19/h4-7,10,17H,2-3,8-9H2,1H3,(H,16,22)(H,20,21). The molecule has 10 heteroatoms. The van der Waals surface area contributed by atoms with Crippen molar-refractivity contribution < 1.29 is 27.9 Å². The molecular weight excluding hydrogens is 350 g/mol. The molecule has 2 rings (SSSR count). The minimum Gasteiger partial charge on any atom is -0.480 e. The van der Waals surface area contributed by atoms with Crippen LogP contribution in [-0.2, 0) is 24.4 Å². The number of nitrogens with one attached hydrogen (secondary N) is 2. The fourth-order valence-corrected chi connectivity index (χ4v) is 3.60. The summed E-state index contributed by atoms with van der Waals surface area (Å²) in [4.78, 5) is 35.3. The van der Waals surface area contributed by atoms with E-state index >= 15 is 0 Å². The van der Waals surface area contributed by atoms with E-state index in [0.717, 1.165) is 6.42 Å². The van der Waals surface area contributed by atoms with Gasteiger partial charge in [-0.25, -0.2) is 8.42 Å². The Labute approximate surface area is 145 Å². The molecule has 1 aliphatic heterocycles. The summed E-state index contributed by atoms with van der Waals surface area (Å²) in [5.74, 6) is -1.97. The van der Waals surface area contributed by atoms with Gasteiger partial charge in [-0.15, -0.1) is 0 Å². The highest BCUT2D eigenvalue weighted by Gasteiger charge is 2.24. The molecule has 0 saturated carbocycles. The molecule has 0 aliphatic carbocycles. The predicted octanol–water partition coefficient (Wildman–Crippen LogP) is -0.319. The zero-order valence-electron chi connectivity index (χ0n) is 13.6. The molecular formula is C15H19N3O6S. The van der Waals surface area contributed by atoms with Gasteiger partial charge >= 0.3 is 5.97 Å². The lowest BCUT2D eigenvalue weighted by Crippen LogP contribution is -2.45. The number of carbonyl (C=O) groups is 3. The highest BCUT2D eigenvalue weighted by molar-refractivity contribution is 7.89. The van der Waals surface area contributed by atoms with Crippen LogP contribution in [0.5, 0.6) is 0 Å². The van der Waals surface area contributed by atoms with Gasteiger partial charge in [-0.2, -0.15) is 4.72 Å². The van der Waals surface area contributed by atoms with E-state index in [4.69, 9.17) is 5.11 Å². The molecule has 1 aliphatic rings. The Bertz CT molecular complexity index is 775. The van der Waals surface area contributed by atoms with Crippen LogP contribution < -0.4 is 14.9 Å². The maximum Gasteiger partial charge on any atom is 0.322 e. The van der Waals surface area contributed by atoms with Crippen molar-refractivity contribution in [1.29, 1.82) is 0 Å². The molecule has 1 aromatic carbocycles. The number of rotatable bonds is 7. The van der Waals surface area contributed by atoms with Crippen LogP contribution in [0, 0.1) is 0 Å². The summed E-state index contributed by atoms with van der Waals surface area (Å²) >= 11 is 0. The first-order valence-corrected chi connectivity index (χ1v) is 9.11. The van der Waals surface area contributed by atoms with E-state index in [0.29, 0.717) is 18.7 Å². The van der Waals surface area contributed by atoms with Crippen LogP contribution >= 0.6 is 0 Å². The first kappa shape index (κ1) is 18.9. The highest BCUT2D eigenvalue weighted by Crippen LogP contribution is 2.23. The lowest BCUT2D eigenvalue weighted by Gasteiger charge is -2.17. The van der Waals surface area contributed by atoms with Crippen LogP contribution in [0.3, 0.4) is 0 Å². The van der Waals surface area contributed by atoms with Crippen molar-refractivity contribution in [2.75, 3.05) is 18.0 Å². The average molecular weight is 369 g/mol. The highest BCUT2D eigenvalue weighted by atomic mass is 32.2. The third-order valence-corrected chi connectivity index (χ3v) is 5.23. The third kappa shape index (κ3) is 4.77. The van der Waals surface area contributed by atoms with E-state index in [1.54, 1.807) is 4.90 Å². The number of anilines is 1. The Morgan fingerprint density at radius 3 is 2.44 bits per heavy atom. The summed E-state index contributed by atoms with van der Waals surface area (Å²) in [7, 11) is -3.96. The molecule has 1 atom stereocenters. The number of benzene rings is 1. The summed E-state index contributed by atoms with van der Waals surface area (Å²) in [6.45, 7) is 1.32. The monoisotopic (exact) mass is 369 g/mol. The van der Waals surface area contributed by atoms with Crippen LogP contribution in [0.15, 0.2) is 29.2 Å². The molecule has 1 aromatic rings. The topological polar surface area (TPSA) is 133 Å². The number of nitrogens with zero attached hydrogens (tertiary/aromatic N) is 1. The smallest absolute Gasteiger partial charge is 0.322 e. The van der Waals surface area contributed by atoms with Crippen LogP contribution in [0.25, 0.3) is 0 Å². The van der Waals surface area contributed by atoms with Crippen molar-refractivity contribution in [3.8, 4) is 0 Å². The quantitative estimate of drug-likeness (QED) is 0.603. The minimum absolute atomic E-state index is 0.00236. The second-order valence-electron chi connectivity index (χ2n) is 5.60. The summed E-state index contributed by atoms with van der Waals surface area (Å²) in [6.07, 6.45) is 1.24. The lowest BCUT2D eigenvalue weighted by molar-refractivity contribution is -0.138. The molecule has 3 N–H and O–H groups in total. The Hall–Kier alpha value is -2.46. The number of hydrogen-bond acceptors (Lipinski definition) is 5. The Morgan fingerprint density at radius 2 is 1.92 bits per heavy atom. The van der Waals surface area contributed by atoms with Gasteiger partial charge in [-0.05, 0) is 37.6 Å². The zero-order valence-corrected chi connectivity index (χ0v) is 14.4. The SMILES string of the molecule is CC(NS(=O)(=O)c1ccc(N2CCCC2=O)cc1)C(=O)NCC(=O)O. The Kier molecular flexibility index (Phi) is 5.75. The first-order chi connectivity index (χ1) is 11.7. The number of carbonyl (C=O) groups excluding carboxylic acids is 2. The van der Waals surface area contributed by atoms with E-state index in [9.17, 15) is 22.8 Å². The molecule has 0 aromatic heterocycles. The van der Waals surface area contributed by atoms with Gasteiger partial charge in [0.25, 0.3) is 0 Å². The molecule has 1 saturated heterocycles. The molecule has 1 fully saturated rings. The van der Waals surface area contributed by atoms with Crippen LogP contribution in [0.4, 0.5) is 5.69 Å². The average Bonchev–Trinajstić information content (AvgIpc) is 2.98. The maximum absolute atomic E-state index is 12.3. The normalized spacial score (nSPS) is 15.9. The molecule has 0 radical (unpaired) electrons. The number of aliphatic carboxylic acids is 1. The molecule has 0 spiro atoms. The van der Waals surface area contributed by atoms with Crippen molar-refractivity contribution in [3.05, 3.63) is 24.3 Å². The van der Waals surface area contributed by atoms with E-state index < -0.39 is 34.5 Å². The number of sulfonamides is 1. The molecule has 1 heterocycles. The summed E-state index contributed by atoms with van der Waals surface area (Å²) < 4.78 is 26.8. The lowest BCUT2D eigenvalue weighted by atomic mass is 10.3. The molecule has 2 amide bonds. The summed E-state index contributed by atoms with van der Waals surface area (Å²) in [5.41, 5.74) is 0.619. The maximum atomic E-state index is 12.3. The van der Waals surface area contributed by atoms with E-state index in [-0.39, 0.29) is 10.8 Å². The molecule has 136 valence electrons. The molecule has 9 nitrogen and oxygen atoms in total. The van der Waals surface area contributed by atoms with Crippen LogP contribution in [-0.4, -0.2) is 50.4 Å². The number of carboxylic acid groups (broad SMARTS) is 1. The Balaban J connectivity index is 2.05. The third-order valence-electron chi connectivity index (χ3n) is 3.67. The van der Waals surface area contributed by atoms with Crippen molar-refractivity contribution in [2.45, 2.75) is 30.7 Å². The van der Waals surface area contributed by atoms with Crippen molar-refractivity contribution >= 4 is 33.5 Å². The number of carboxylic acids is 1. The molecule has 25 heavy (non-hydrogen) atoms. The van der Waals surface area contributed by atoms with Crippen LogP contribution in [0.1, 0.15) is 19.8 Å². The van der Waals surface area contributed by atoms with Gasteiger partial charge in [0.1, 0.15) is 6.54 Å². The first-order valence-electron chi connectivity index (χ1n) is 7.63. The van der Waals surface area contributed by atoms with Crippen molar-refractivity contribution in [2.24, 2.45) is 0 Å². The predicted molar refractivity (Wildman–Crippen MR) is 88.5 cm³/mol. The Morgan fingerprint density at radius 1 is 1.28 bits per heavy atom. The van der Waals surface area contributed by atoms with Crippen molar-refractivity contribution in [1.82, 2.24) is 10.0 Å². The summed E-state index contributed by atoms with van der Waals surface area (Å²) in [6, 6.07) is 4.64. The fraction of sp³-hybridized carbons (Fsp3) is 0.400. The van der Waals surface area contributed by atoms with Gasteiger partial charge < -0.3 is 15.3 Å². The van der Waals surface area contributed by atoms with Gasteiger partial charge in [0, 0.05) is 18.7 Å². The van der Waals surface area contributed by atoms with E-state index in [2.05, 4.69) is 10.0 Å². The van der Waals surface area contributed by atoms with Gasteiger partial charge in [0.15, 0.2) is 0 Å². The van der Waals surface area contributed by atoms with Gasteiger partial charge in [0.2, 0.25) is 21.8 Å². The largest absolute Gasteiger partial charge is 0.480 e. The zero-order chi connectivity index (χ0) is 18.6. The number of hydrogen-bond donors (Lipinski definition) is 3. The van der Waals surface area contributed by atoms with Gasteiger partial charge in [-0.1, -0.05) is 0 Å². The molecule has 0 bridgehead atoms. The van der Waals surface area contributed by atoms with E-state index in [1.807, 2.05) is 0 Å². The summed E-state index contributed by atoms with van der Waals surface area (Å²) in [5, 5.41) is 10.6. The van der Waals surface area contributed by atoms with Gasteiger partial charge in [0.05, 0.1) is 10.9 Å². The van der Waals surface area contributed by atoms with E-state index in [1.165, 1.54) is 31.2 Å². The minimum atomic E-state index is -3.96. The number of amides is 2. The second-order valence-corrected chi connectivity index (χ2v) is 7.31. The van der Waals surface area contributed by atoms with Crippen molar-refractivity contribution in [3.63, 3.8) is 0 Å². The van der Waals surface area contributed by atoms with Crippen LogP contribution in [0.2, 0.25) is 0 Å². The second kappa shape index (κ2) is 7.62. The van der Waals surface area contributed by atoms with Gasteiger partial charge in [-0.3, -0.25) is 14.4 Å². The molecule has 1 unspecified atom stereocenters.